The third-order valence-corrected chi connectivity index (χ3v) is 6.03. The number of sulfonamides is 1. The number of anilines is 1. The Hall–Kier alpha value is -2.34. The number of nitrogens with zero attached hydrogens (tertiary/aromatic N) is 1. The van der Waals surface area contributed by atoms with E-state index < -0.39 is 15.6 Å². The maximum absolute atomic E-state index is 13.4. The molecule has 27 heavy (non-hydrogen) atoms. The number of rotatable bonds is 5. The number of nitrogens with one attached hydrogen (secondary N) is 1. The first-order chi connectivity index (χ1) is 12.4. The predicted octanol–water partition coefficient (Wildman–Crippen LogP) is 3.72. The second-order valence-electron chi connectivity index (χ2n) is 7.84. The summed E-state index contributed by atoms with van der Waals surface area (Å²) in [6.07, 6.45) is 0. The number of benzene rings is 2. The average molecular weight is 389 g/mol. The summed E-state index contributed by atoms with van der Waals surface area (Å²) in [6, 6.07) is 12.1. The maximum atomic E-state index is 13.4. The standard InChI is InChI=1S/C21H28N2O3S/c1-15-10-12-18(13-11-15)27(25,26)23(14-20(24)22-21(4,5)6)19-9-7-8-16(2)17(19)3/h7-13H,14H2,1-6H3,(H,22,24). The molecule has 0 aliphatic carbocycles. The number of hydrogen-bond donors (Lipinski definition) is 1. The van der Waals surface area contributed by atoms with Crippen LogP contribution in [0.5, 0.6) is 0 Å². The zero-order chi connectivity index (χ0) is 20.4. The Morgan fingerprint density at radius 2 is 1.59 bits per heavy atom. The molecule has 6 heteroatoms. The van der Waals surface area contributed by atoms with Crippen molar-refractivity contribution in [2.45, 2.75) is 52.0 Å². The molecular weight excluding hydrogens is 360 g/mol. The van der Waals surface area contributed by atoms with E-state index in [9.17, 15) is 13.2 Å². The lowest BCUT2D eigenvalue weighted by Crippen LogP contribution is -2.47. The Morgan fingerprint density at radius 1 is 1.00 bits per heavy atom. The summed E-state index contributed by atoms with van der Waals surface area (Å²) in [5, 5.41) is 2.84. The summed E-state index contributed by atoms with van der Waals surface area (Å²) >= 11 is 0. The average Bonchev–Trinajstić information content (AvgIpc) is 2.54. The summed E-state index contributed by atoms with van der Waals surface area (Å²) < 4.78 is 27.9. The molecule has 0 atom stereocenters. The van der Waals surface area contributed by atoms with Crippen molar-refractivity contribution in [1.29, 1.82) is 0 Å². The minimum atomic E-state index is -3.89. The molecule has 0 bridgehead atoms. The second kappa shape index (κ2) is 7.72. The van der Waals surface area contributed by atoms with E-state index in [0.29, 0.717) is 5.69 Å². The fourth-order valence-electron chi connectivity index (χ4n) is 2.73. The summed E-state index contributed by atoms with van der Waals surface area (Å²) in [4.78, 5) is 12.7. The number of carbonyl (C=O) groups is 1. The van der Waals surface area contributed by atoms with E-state index in [2.05, 4.69) is 5.32 Å². The summed E-state index contributed by atoms with van der Waals surface area (Å²) in [5.41, 5.74) is 2.83. The SMILES string of the molecule is Cc1ccc(S(=O)(=O)N(CC(=O)NC(C)(C)C)c2cccc(C)c2C)cc1. The van der Waals surface area contributed by atoms with Crippen LogP contribution in [0.15, 0.2) is 47.4 Å². The van der Waals surface area contributed by atoms with Gasteiger partial charge in [-0.05, 0) is 70.9 Å². The molecule has 0 aliphatic heterocycles. The first-order valence-electron chi connectivity index (χ1n) is 8.88. The molecule has 0 saturated carbocycles. The van der Waals surface area contributed by atoms with Gasteiger partial charge in [0.15, 0.2) is 0 Å². The summed E-state index contributed by atoms with van der Waals surface area (Å²) in [5.74, 6) is -0.348. The van der Waals surface area contributed by atoms with Gasteiger partial charge >= 0.3 is 0 Å². The Morgan fingerprint density at radius 3 is 2.15 bits per heavy atom. The largest absolute Gasteiger partial charge is 0.350 e. The Labute approximate surface area is 162 Å². The van der Waals surface area contributed by atoms with E-state index in [-0.39, 0.29) is 17.3 Å². The van der Waals surface area contributed by atoms with Crippen LogP contribution in [0.25, 0.3) is 0 Å². The van der Waals surface area contributed by atoms with E-state index in [1.54, 1.807) is 36.4 Å². The number of amides is 1. The number of aryl methyl sites for hydroxylation is 2. The first kappa shape index (κ1) is 21.0. The molecule has 2 rings (SSSR count). The van der Waals surface area contributed by atoms with Gasteiger partial charge in [-0.3, -0.25) is 9.10 Å². The molecule has 0 spiro atoms. The van der Waals surface area contributed by atoms with Crippen molar-refractivity contribution in [2.75, 3.05) is 10.8 Å². The van der Waals surface area contributed by atoms with Crippen molar-refractivity contribution >= 4 is 21.6 Å². The molecule has 1 amide bonds. The second-order valence-corrected chi connectivity index (χ2v) is 9.70. The first-order valence-corrected chi connectivity index (χ1v) is 10.3. The van der Waals surface area contributed by atoms with Crippen LogP contribution >= 0.6 is 0 Å². The van der Waals surface area contributed by atoms with Gasteiger partial charge in [0, 0.05) is 5.54 Å². The molecule has 0 fully saturated rings. The van der Waals surface area contributed by atoms with Crippen LogP contribution in [0, 0.1) is 20.8 Å². The molecule has 0 radical (unpaired) electrons. The van der Waals surface area contributed by atoms with E-state index in [1.807, 2.05) is 47.6 Å². The summed E-state index contributed by atoms with van der Waals surface area (Å²) in [7, 11) is -3.89. The monoisotopic (exact) mass is 388 g/mol. The van der Waals surface area contributed by atoms with Crippen molar-refractivity contribution in [3.05, 3.63) is 59.2 Å². The lowest BCUT2D eigenvalue weighted by Gasteiger charge is -2.28. The fraction of sp³-hybridized carbons (Fsp3) is 0.381. The number of hydrogen-bond acceptors (Lipinski definition) is 3. The molecule has 2 aromatic rings. The van der Waals surface area contributed by atoms with Gasteiger partial charge in [0.2, 0.25) is 5.91 Å². The minimum absolute atomic E-state index is 0.164. The Balaban J connectivity index is 2.54. The van der Waals surface area contributed by atoms with E-state index >= 15 is 0 Å². The van der Waals surface area contributed by atoms with Crippen LogP contribution in [0.3, 0.4) is 0 Å². The third kappa shape index (κ3) is 5.10. The van der Waals surface area contributed by atoms with Gasteiger partial charge in [-0.2, -0.15) is 0 Å². The zero-order valence-corrected chi connectivity index (χ0v) is 17.6. The van der Waals surface area contributed by atoms with Gasteiger partial charge in [0.25, 0.3) is 10.0 Å². The van der Waals surface area contributed by atoms with Gasteiger partial charge < -0.3 is 5.32 Å². The highest BCUT2D eigenvalue weighted by Gasteiger charge is 2.29. The molecule has 1 N–H and O–H groups in total. The van der Waals surface area contributed by atoms with Gasteiger partial charge in [0.05, 0.1) is 10.6 Å². The van der Waals surface area contributed by atoms with Crippen LogP contribution in [0.2, 0.25) is 0 Å². The fourth-order valence-corrected chi connectivity index (χ4v) is 4.21. The molecule has 146 valence electrons. The van der Waals surface area contributed by atoms with Crippen molar-refractivity contribution in [3.8, 4) is 0 Å². The highest BCUT2D eigenvalue weighted by atomic mass is 32.2. The molecule has 2 aromatic carbocycles. The van der Waals surface area contributed by atoms with Crippen LogP contribution in [0.1, 0.15) is 37.5 Å². The number of carbonyl (C=O) groups excluding carboxylic acids is 1. The Bertz CT molecular complexity index is 927. The van der Waals surface area contributed by atoms with Crippen molar-refractivity contribution in [3.63, 3.8) is 0 Å². The Kier molecular flexibility index (Phi) is 6.00. The zero-order valence-electron chi connectivity index (χ0n) is 16.8. The van der Waals surface area contributed by atoms with E-state index in [1.165, 1.54) is 4.31 Å². The molecular formula is C21H28N2O3S. The maximum Gasteiger partial charge on any atom is 0.264 e. The molecule has 0 saturated heterocycles. The lowest BCUT2D eigenvalue weighted by atomic mass is 10.1. The predicted molar refractivity (Wildman–Crippen MR) is 110 cm³/mol. The van der Waals surface area contributed by atoms with Crippen molar-refractivity contribution in [2.24, 2.45) is 0 Å². The van der Waals surface area contributed by atoms with Crippen molar-refractivity contribution < 1.29 is 13.2 Å². The molecule has 0 heterocycles. The molecule has 0 aromatic heterocycles. The highest BCUT2D eigenvalue weighted by Crippen LogP contribution is 2.28. The van der Waals surface area contributed by atoms with Gasteiger partial charge in [-0.15, -0.1) is 0 Å². The normalized spacial score (nSPS) is 11.9. The minimum Gasteiger partial charge on any atom is -0.350 e. The van der Waals surface area contributed by atoms with Gasteiger partial charge in [-0.25, -0.2) is 8.42 Å². The molecule has 0 aliphatic rings. The topological polar surface area (TPSA) is 66.5 Å². The van der Waals surface area contributed by atoms with Crippen LogP contribution in [0.4, 0.5) is 5.69 Å². The smallest absolute Gasteiger partial charge is 0.264 e. The summed E-state index contributed by atoms with van der Waals surface area (Å²) in [6.45, 7) is 11.0. The van der Waals surface area contributed by atoms with Crippen LogP contribution < -0.4 is 9.62 Å². The quantitative estimate of drug-likeness (QED) is 0.849. The van der Waals surface area contributed by atoms with Gasteiger partial charge in [0.1, 0.15) is 6.54 Å². The van der Waals surface area contributed by atoms with E-state index in [0.717, 1.165) is 16.7 Å². The molecule has 5 nitrogen and oxygen atoms in total. The van der Waals surface area contributed by atoms with Gasteiger partial charge in [-0.1, -0.05) is 29.8 Å². The van der Waals surface area contributed by atoms with Crippen molar-refractivity contribution in [1.82, 2.24) is 5.32 Å². The van der Waals surface area contributed by atoms with Crippen LogP contribution in [-0.4, -0.2) is 26.4 Å². The van der Waals surface area contributed by atoms with E-state index in [4.69, 9.17) is 0 Å². The third-order valence-electron chi connectivity index (χ3n) is 4.26. The highest BCUT2D eigenvalue weighted by molar-refractivity contribution is 7.92. The lowest BCUT2D eigenvalue weighted by molar-refractivity contribution is -0.121. The van der Waals surface area contributed by atoms with Crippen LogP contribution in [-0.2, 0) is 14.8 Å². The molecule has 0 unspecified atom stereocenters.